The van der Waals surface area contributed by atoms with Crippen LogP contribution in [0.4, 0.5) is 0 Å². The van der Waals surface area contributed by atoms with Crippen LogP contribution in [0, 0.1) is 5.41 Å². The number of allylic oxidation sites excluding steroid dienone is 2. The van der Waals surface area contributed by atoms with Crippen LogP contribution in [0.3, 0.4) is 0 Å². The molecule has 0 saturated carbocycles. The number of furan rings is 1. The molecule has 2 aromatic rings. The molecule has 25 heavy (non-hydrogen) atoms. The van der Waals surface area contributed by atoms with Gasteiger partial charge in [0, 0.05) is 34.7 Å². The fraction of sp³-hybridized carbons (Fsp3) is 0.381. The molecule has 1 aromatic carbocycles. The standard InChI is InChI=1S/C21H25NO2S/c1-5-6-10-22-14-19(21(2,3)4)25-20(22)13-17(23)15-7-8-18-16(12-15)9-11-24-18/h7-9,11-14H,5-6,10H2,1-4H3/b20-13-. The molecule has 0 fully saturated rings. The van der Waals surface area contributed by atoms with Gasteiger partial charge in [0.25, 0.3) is 0 Å². The normalized spacial score (nSPS) is 16.7. The van der Waals surface area contributed by atoms with Gasteiger partial charge in [0.1, 0.15) is 5.58 Å². The minimum absolute atomic E-state index is 0.0376. The van der Waals surface area contributed by atoms with Crippen LogP contribution in [0.5, 0.6) is 0 Å². The number of unbranched alkanes of at least 4 members (excludes halogenated alkanes) is 1. The van der Waals surface area contributed by atoms with Gasteiger partial charge in [-0.15, -0.1) is 0 Å². The Balaban J connectivity index is 1.85. The molecular weight excluding hydrogens is 330 g/mol. The molecule has 0 unspecified atom stereocenters. The molecule has 1 aliphatic heterocycles. The van der Waals surface area contributed by atoms with E-state index in [-0.39, 0.29) is 11.2 Å². The molecule has 0 amide bonds. The molecule has 0 N–H and O–H groups in total. The van der Waals surface area contributed by atoms with Crippen molar-refractivity contribution < 1.29 is 9.21 Å². The Kier molecular flexibility index (Phi) is 5.09. The zero-order valence-corrected chi connectivity index (χ0v) is 16.2. The molecule has 4 heteroatoms. The molecule has 3 rings (SSSR count). The Labute approximate surface area is 153 Å². The number of ketones is 1. The number of nitrogens with zero attached hydrogens (tertiary/aromatic N) is 1. The lowest BCUT2D eigenvalue weighted by atomic mass is 9.96. The van der Waals surface area contributed by atoms with E-state index < -0.39 is 0 Å². The number of hydrogen-bond acceptors (Lipinski definition) is 4. The topological polar surface area (TPSA) is 33.5 Å². The van der Waals surface area contributed by atoms with Crippen molar-refractivity contribution in [2.75, 3.05) is 6.54 Å². The average Bonchev–Trinajstić information content (AvgIpc) is 3.18. The molecule has 1 aromatic heterocycles. The summed E-state index contributed by atoms with van der Waals surface area (Å²) in [5.41, 5.74) is 1.59. The van der Waals surface area contributed by atoms with E-state index in [0.717, 1.165) is 35.4 Å². The van der Waals surface area contributed by atoms with E-state index >= 15 is 0 Å². The highest BCUT2D eigenvalue weighted by molar-refractivity contribution is 8.07. The number of carbonyl (C=O) groups excluding carboxylic acids is 1. The highest BCUT2D eigenvalue weighted by Crippen LogP contribution is 2.45. The minimum atomic E-state index is 0.0376. The molecule has 0 atom stereocenters. The van der Waals surface area contributed by atoms with Crippen molar-refractivity contribution in [3.05, 3.63) is 58.3 Å². The number of fused-ring (bicyclic) bond motifs is 1. The molecule has 3 nitrogen and oxygen atoms in total. The summed E-state index contributed by atoms with van der Waals surface area (Å²) in [5.74, 6) is 0.0376. The maximum absolute atomic E-state index is 12.8. The van der Waals surface area contributed by atoms with Gasteiger partial charge in [-0.3, -0.25) is 4.79 Å². The zero-order chi connectivity index (χ0) is 18.0. The van der Waals surface area contributed by atoms with Crippen LogP contribution in [0.1, 0.15) is 50.9 Å². The van der Waals surface area contributed by atoms with Crippen LogP contribution in [0.15, 0.2) is 57.2 Å². The van der Waals surface area contributed by atoms with Crippen molar-refractivity contribution in [2.24, 2.45) is 5.41 Å². The Bertz CT molecular complexity index is 839. The second-order valence-corrected chi connectivity index (χ2v) is 8.47. The van der Waals surface area contributed by atoms with Crippen molar-refractivity contribution >= 4 is 28.5 Å². The first-order valence-electron chi connectivity index (χ1n) is 8.78. The molecule has 0 aliphatic carbocycles. The molecule has 0 bridgehead atoms. The third kappa shape index (κ3) is 4.01. The van der Waals surface area contributed by atoms with E-state index in [1.165, 1.54) is 4.91 Å². The van der Waals surface area contributed by atoms with Gasteiger partial charge in [0.2, 0.25) is 0 Å². The Morgan fingerprint density at radius 2 is 2.08 bits per heavy atom. The van der Waals surface area contributed by atoms with Crippen molar-refractivity contribution in [1.29, 1.82) is 0 Å². The van der Waals surface area contributed by atoms with Crippen LogP contribution in [0.25, 0.3) is 11.0 Å². The van der Waals surface area contributed by atoms with E-state index in [1.54, 1.807) is 24.1 Å². The lowest BCUT2D eigenvalue weighted by Crippen LogP contribution is -2.14. The van der Waals surface area contributed by atoms with E-state index in [4.69, 9.17) is 4.42 Å². The van der Waals surface area contributed by atoms with E-state index in [2.05, 4.69) is 38.8 Å². The summed E-state index contributed by atoms with van der Waals surface area (Å²) in [6.07, 6.45) is 7.88. The smallest absolute Gasteiger partial charge is 0.188 e. The fourth-order valence-corrected chi connectivity index (χ4v) is 3.82. The number of benzene rings is 1. The van der Waals surface area contributed by atoms with Crippen molar-refractivity contribution in [1.82, 2.24) is 4.90 Å². The van der Waals surface area contributed by atoms with Crippen LogP contribution >= 0.6 is 11.8 Å². The maximum Gasteiger partial charge on any atom is 0.188 e. The molecule has 0 spiro atoms. The molecule has 2 heterocycles. The molecule has 132 valence electrons. The van der Waals surface area contributed by atoms with E-state index in [0.29, 0.717) is 5.56 Å². The Morgan fingerprint density at radius 1 is 1.28 bits per heavy atom. The summed E-state index contributed by atoms with van der Waals surface area (Å²) in [4.78, 5) is 16.3. The highest BCUT2D eigenvalue weighted by Gasteiger charge is 2.28. The number of thioether (sulfide) groups is 1. The zero-order valence-electron chi connectivity index (χ0n) is 15.3. The van der Waals surface area contributed by atoms with Gasteiger partial charge in [0.05, 0.1) is 11.3 Å². The summed E-state index contributed by atoms with van der Waals surface area (Å²) < 4.78 is 5.35. The summed E-state index contributed by atoms with van der Waals surface area (Å²) in [5, 5.41) is 1.98. The second-order valence-electron chi connectivity index (χ2n) is 7.41. The molecule has 0 radical (unpaired) electrons. The van der Waals surface area contributed by atoms with E-state index in [1.807, 2.05) is 24.3 Å². The van der Waals surface area contributed by atoms with Gasteiger partial charge >= 0.3 is 0 Å². The van der Waals surface area contributed by atoms with Crippen molar-refractivity contribution in [2.45, 2.75) is 40.5 Å². The Morgan fingerprint density at radius 3 is 2.80 bits per heavy atom. The minimum Gasteiger partial charge on any atom is -0.464 e. The van der Waals surface area contributed by atoms with Gasteiger partial charge in [-0.1, -0.05) is 45.9 Å². The summed E-state index contributed by atoms with van der Waals surface area (Å²) in [7, 11) is 0. The average molecular weight is 356 g/mol. The lowest BCUT2D eigenvalue weighted by molar-refractivity contribution is 0.104. The largest absolute Gasteiger partial charge is 0.464 e. The first-order chi connectivity index (χ1) is 11.9. The van der Waals surface area contributed by atoms with Crippen LogP contribution < -0.4 is 0 Å². The van der Waals surface area contributed by atoms with Crippen molar-refractivity contribution in [3.8, 4) is 0 Å². The maximum atomic E-state index is 12.8. The van der Waals surface area contributed by atoms with Crippen LogP contribution in [-0.4, -0.2) is 17.2 Å². The quantitative estimate of drug-likeness (QED) is 0.473. The van der Waals surface area contributed by atoms with Gasteiger partial charge < -0.3 is 9.32 Å². The predicted molar refractivity (Wildman–Crippen MR) is 105 cm³/mol. The van der Waals surface area contributed by atoms with Crippen LogP contribution in [0.2, 0.25) is 0 Å². The number of carbonyl (C=O) groups is 1. The summed E-state index contributed by atoms with van der Waals surface area (Å²) in [6.45, 7) is 9.76. The first-order valence-corrected chi connectivity index (χ1v) is 9.60. The van der Waals surface area contributed by atoms with Gasteiger partial charge in [-0.2, -0.15) is 0 Å². The van der Waals surface area contributed by atoms with Crippen molar-refractivity contribution in [3.63, 3.8) is 0 Å². The monoisotopic (exact) mass is 355 g/mol. The Hall–Kier alpha value is -1.94. The lowest BCUT2D eigenvalue weighted by Gasteiger charge is -2.17. The molecular formula is C21H25NO2S. The molecule has 0 saturated heterocycles. The number of hydrogen-bond donors (Lipinski definition) is 0. The first kappa shape index (κ1) is 17.9. The second kappa shape index (κ2) is 7.12. The third-order valence-corrected chi connectivity index (χ3v) is 5.75. The van der Waals surface area contributed by atoms with Crippen LogP contribution in [-0.2, 0) is 0 Å². The summed E-state index contributed by atoms with van der Waals surface area (Å²) in [6, 6.07) is 7.47. The SMILES string of the molecule is CCCCN1C=C(C(C)(C)C)S/C1=C\C(=O)c1ccc2occc2c1. The predicted octanol–water partition coefficient (Wildman–Crippen LogP) is 6.19. The number of rotatable bonds is 5. The van der Waals surface area contributed by atoms with Gasteiger partial charge in [-0.25, -0.2) is 0 Å². The fourth-order valence-electron chi connectivity index (χ4n) is 2.68. The third-order valence-electron chi connectivity index (χ3n) is 4.25. The van der Waals surface area contributed by atoms with Gasteiger partial charge in [-0.05, 0) is 36.1 Å². The van der Waals surface area contributed by atoms with Gasteiger partial charge in [0.15, 0.2) is 5.78 Å². The highest BCUT2D eigenvalue weighted by atomic mass is 32.2. The van der Waals surface area contributed by atoms with E-state index in [9.17, 15) is 4.79 Å². The summed E-state index contributed by atoms with van der Waals surface area (Å²) >= 11 is 1.71. The molecule has 1 aliphatic rings.